The van der Waals surface area contributed by atoms with E-state index in [1.807, 2.05) is 0 Å². The number of piperidine rings is 1. The maximum atomic E-state index is 9.34. The molecule has 3 heteroatoms. The molecule has 0 amide bonds. The molecular formula is C12H25NO2. The summed E-state index contributed by atoms with van der Waals surface area (Å²) in [4.78, 5) is 2.43. The van der Waals surface area contributed by atoms with E-state index in [0.29, 0.717) is 0 Å². The minimum atomic E-state index is -0.0537. The van der Waals surface area contributed by atoms with E-state index in [-0.39, 0.29) is 6.10 Å². The lowest BCUT2D eigenvalue weighted by Gasteiger charge is -2.29. The summed E-state index contributed by atoms with van der Waals surface area (Å²) in [6.45, 7) is 7.21. The standard InChI is InChI=1S/C12H25NO2/c1-2-3-10-15-11-4-7-13-8-5-12(14)6-9-13/h12,14H,2-11H2,1H3. The van der Waals surface area contributed by atoms with Gasteiger partial charge in [0.15, 0.2) is 0 Å². The van der Waals surface area contributed by atoms with Crippen molar-refractivity contribution < 1.29 is 9.84 Å². The van der Waals surface area contributed by atoms with Crippen LogP contribution in [0.15, 0.2) is 0 Å². The largest absolute Gasteiger partial charge is 0.393 e. The van der Waals surface area contributed by atoms with Crippen LogP contribution in [0.5, 0.6) is 0 Å². The van der Waals surface area contributed by atoms with Crippen molar-refractivity contribution in [3.8, 4) is 0 Å². The van der Waals surface area contributed by atoms with Gasteiger partial charge >= 0.3 is 0 Å². The third-order valence-corrected chi connectivity index (χ3v) is 2.96. The van der Waals surface area contributed by atoms with Gasteiger partial charge in [0.05, 0.1) is 6.10 Å². The van der Waals surface area contributed by atoms with E-state index in [4.69, 9.17) is 4.74 Å². The Morgan fingerprint density at radius 1 is 1.20 bits per heavy atom. The maximum Gasteiger partial charge on any atom is 0.0564 e. The minimum Gasteiger partial charge on any atom is -0.393 e. The summed E-state index contributed by atoms with van der Waals surface area (Å²) in [5.74, 6) is 0. The number of rotatable bonds is 7. The normalized spacial score (nSPS) is 19.6. The Balaban J connectivity index is 1.87. The van der Waals surface area contributed by atoms with Crippen LogP contribution < -0.4 is 0 Å². The Bertz CT molecular complexity index is 145. The summed E-state index contributed by atoms with van der Waals surface area (Å²) in [6.07, 6.45) is 5.34. The van der Waals surface area contributed by atoms with Gasteiger partial charge in [-0.15, -0.1) is 0 Å². The van der Waals surface area contributed by atoms with Gasteiger partial charge in [0.2, 0.25) is 0 Å². The molecule has 0 aliphatic carbocycles. The molecule has 0 spiro atoms. The van der Waals surface area contributed by atoms with Crippen LogP contribution >= 0.6 is 0 Å². The highest BCUT2D eigenvalue weighted by molar-refractivity contribution is 4.70. The van der Waals surface area contributed by atoms with Crippen molar-refractivity contribution in [2.45, 2.75) is 45.1 Å². The summed E-state index contributed by atoms with van der Waals surface area (Å²) < 4.78 is 5.51. The summed E-state index contributed by atoms with van der Waals surface area (Å²) in [5.41, 5.74) is 0. The van der Waals surface area contributed by atoms with Crippen LogP contribution in [0.4, 0.5) is 0 Å². The first-order valence-electron chi connectivity index (χ1n) is 6.31. The molecule has 0 aromatic carbocycles. The number of hydrogen-bond acceptors (Lipinski definition) is 3. The van der Waals surface area contributed by atoms with Crippen molar-refractivity contribution in [2.24, 2.45) is 0 Å². The van der Waals surface area contributed by atoms with Gasteiger partial charge in [-0.2, -0.15) is 0 Å². The Hall–Kier alpha value is -0.120. The summed E-state index contributed by atoms with van der Waals surface area (Å²) in [7, 11) is 0. The van der Waals surface area contributed by atoms with Crippen molar-refractivity contribution in [3.63, 3.8) is 0 Å². The van der Waals surface area contributed by atoms with Crippen molar-refractivity contribution >= 4 is 0 Å². The second-order valence-corrected chi connectivity index (χ2v) is 4.39. The predicted octanol–water partition coefficient (Wildman–Crippen LogP) is 1.65. The van der Waals surface area contributed by atoms with E-state index in [2.05, 4.69) is 11.8 Å². The molecule has 0 aromatic rings. The van der Waals surface area contributed by atoms with E-state index in [0.717, 1.165) is 52.1 Å². The van der Waals surface area contributed by atoms with Crippen LogP contribution in [-0.4, -0.2) is 49.0 Å². The van der Waals surface area contributed by atoms with Gasteiger partial charge in [-0.25, -0.2) is 0 Å². The molecule has 0 saturated carbocycles. The number of hydrogen-bond donors (Lipinski definition) is 1. The fourth-order valence-corrected chi connectivity index (χ4v) is 1.88. The number of likely N-dealkylation sites (tertiary alicyclic amines) is 1. The molecular weight excluding hydrogens is 190 g/mol. The molecule has 90 valence electrons. The van der Waals surface area contributed by atoms with Gasteiger partial charge in [0, 0.05) is 32.8 Å². The predicted molar refractivity (Wildman–Crippen MR) is 62.0 cm³/mol. The molecule has 15 heavy (non-hydrogen) atoms. The second kappa shape index (κ2) is 8.08. The average molecular weight is 215 g/mol. The highest BCUT2D eigenvalue weighted by Gasteiger charge is 2.15. The summed E-state index contributed by atoms with van der Waals surface area (Å²) in [6, 6.07) is 0. The van der Waals surface area contributed by atoms with Crippen LogP contribution in [0.2, 0.25) is 0 Å². The summed E-state index contributed by atoms with van der Waals surface area (Å²) >= 11 is 0. The zero-order chi connectivity index (χ0) is 10.9. The SMILES string of the molecule is CCCCOCCCN1CCC(O)CC1. The molecule has 0 aromatic heterocycles. The Labute approximate surface area is 93.4 Å². The number of ether oxygens (including phenoxy) is 1. The van der Waals surface area contributed by atoms with Crippen LogP contribution in [-0.2, 0) is 4.74 Å². The van der Waals surface area contributed by atoms with Gasteiger partial charge in [-0.1, -0.05) is 13.3 Å². The zero-order valence-corrected chi connectivity index (χ0v) is 9.95. The lowest BCUT2D eigenvalue weighted by Crippen LogP contribution is -2.36. The van der Waals surface area contributed by atoms with E-state index in [1.54, 1.807) is 0 Å². The maximum absolute atomic E-state index is 9.34. The fourth-order valence-electron chi connectivity index (χ4n) is 1.88. The number of aliphatic hydroxyl groups is 1. The molecule has 1 fully saturated rings. The first-order valence-corrected chi connectivity index (χ1v) is 6.31. The lowest BCUT2D eigenvalue weighted by atomic mass is 10.1. The van der Waals surface area contributed by atoms with Crippen LogP contribution in [0, 0.1) is 0 Å². The van der Waals surface area contributed by atoms with Crippen molar-refractivity contribution in [1.29, 1.82) is 0 Å². The third kappa shape index (κ3) is 6.13. The molecule has 0 atom stereocenters. The molecule has 1 saturated heterocycles. The molecule has 1 N–H and O–H groups in total. The van der Waals surface area contributed by atoms with Gasteiger partial charge in [-0.3, -0.25) is 0 Å². The van der Waals surface area contributed by atoms with Gasteiger partial charge < -0.3 is 14.7 Å². The fraction of sp³-hybridized carbons (Fsp3) is 1.00. The van der Waals surface area contributed by atoms with E-state index in [9.17, 15) is 5.11 Å². The van der Waals surface area contributed by atoms with Crippen molar-refractivity contribution in [2.75, 3.05) is 32.8 Å². The molecule has 1 aliphatic heterocycles. The first-order chi connectivity index (χ1) is 7.33. The van der Waals surface area contributed by atoms with Crippen molar-refractivity contribution in [3.05, 3.63) is 0 Å². The zero-order valence-electron chi connectivity index (χ0n) is 9.95. The second-order valence-electron chi connectivity index (χ2n) is 4.39. The quantitative estimate of drug-likeness (QED) is 0.655. The lowest BCUT2D eigenvalue weighted by molar-refractivity contribution is 0.0718. The molecule has 0 unspecified atom stereocenters. The number of nitrogens with zero attached hydrogens (tertiary/aromatic N) is 1. The topological polar surface area (TPSA) is 32.7 Å². The van der Waals surface area contributed by atoms with Crippen LogP contribution in [0.25, 0.3) is 0 Å². The summed E-state index contributed by atoms with van der Waals surface area (Å²) in [5, 5.41) is 9.34. The molecule has 1 rings (SSSR count). The molecule has 3 nitrogen and oxygen atoms in total. The Kier molecular flexibility index (Phi) is 6.98. The number of unbranched alkanes of at least 4 members (excludes halogenated alkanes) is 1. The van der Waals surface area contributed by atoms with E-state index < -0.39 is 0 Å². The minimum absolute atomic E-state index is 0.0537. The molecule has 1 heterocycles. The Morgan fingerprint density at radius 2 is 1.87 bits per heavy atom. The van der Waals surface area contributed by atoms with Crippen LogP contribution in [0.1, 0.15) is 39.0 Å². The van der Waals surface area contributed by atoms with Gasteiger partial charge in [0.1, 0.15) is 0 Å². The van der Waals surface area contributed by atoms with Gasteiger partial charge in [-0.05, 0) is 25.7 Å². The molecule has 1 aliphatic rings. The third-order valence-electron chi connectivity index (χ3n) is 2.96. The molecule has 0 radical (unpaired) electrons. The monoisotopic (exact) mass is 215 g/mol. The average Bonchev–Trinajstić information content (AvgIpc) is 2.26. The van der Waals surface area contributed by atoms with Gasteiger partial charge in [0.25, 0.3) is 0 Å². The highest BCUT2D eigenvalue weighted by atomic mass is 16.5. The van der Waals surface area contributed by atoms with E-state index >= 15 is 0 Å². The smallest absolute Gasteiger partial charge is 0.0564 e. The van der Waals surface area contributed by atoms with Crippen molar-refractivity contribution in [1.82, 2.24) is 4.90 Å². The van der Waals surface area contributed by atoms with Crippen LogP contribution in [0.3, 0.4) is 0 Å². The van der Waals surface area contributed by atoms with E-state index in [1.165, 1.54) is 12.8 Å². The molecule has 0 bridgehead atoms. The Morgan fingerprint density at radius 3 is 2.53 bits per heavy atom. The first kappa shape index (κ1) is 12.9. The highest BCUT2D eigenvalue weighted by Crippen LogP contribution is 2.09. The number of aliphatic hydroxyl groups excluding tert-OH is 1.